The van der Waals surface area contributed by atoms with Gasteiger partial charge in [0.2, 0.25) is 0 Å². The molecular weight excluding hydrogens is 250 g/mol. The third kappa shape index (κ3) is 2.43. The molecule has 0 fully saturated rings. The van der Waals surface area contributed by atoms with Crippen molar-refractivity contribution < 1.29 is 4.74 Å². The zero-order valence-corrected chi connectivity index (χ0v) is 12.1. The molecule has 0 saturated heterocycles. The second-order valence-electron chi connectivity index (χ2n) is 5.24. The van der Waals surface area contributed by atoms with Crippen molar-refractivity contribution in [2.45, 2.75) is 32.4 Å². The minimum atomic E-state index is 0.222. The molecule has 4 heteroatoms. The Hall–Kier alpha value is -1.81. The fourth-order valence-corrected chi connectivity index (χ4v) is 2.83. The van der Waals surface area contributed by atoms with E-state index in [1.165, 1.54) is 16.7 Å². The zero-order valence-electron chi connectivity index (χ0n) is 12.1. The van der Waals surface area contributed by atoms with E-state index in [0.717, 1.165) is 31.7 Å². The van der Waals surface area contributed by atoms with Gasteiger partial charge in [-0.3, -0.25) is 4.68 Å². The molecule has 1 aromatic heterocycles. The Bertz CT molecular complexity index is 591. The van der Waals surface area contributed by atoms with E-state index >= 15 is 0 Å². The van der Waals surface area contributed by atoms with Gasteiger partial charge in [-0.2, -0.15) is 5.10 Å². The van der Waals surface area contributed by atoms with Crippen LogP contribution in [0.15, 0.2) is 30.6 Å². The first kappa shape index (κ1) is 13.2. The van der Waals surface area contributed by atoms with Crippen molar-refractivity contribution >= 4 is 0 Å². The maximum Gasteiger partial charge on any atom is 0.119 e. The van der Waals surface area contributed by atoms with Gasteiger partial charge in [0.05, 0.1) is 19.3 Å². The highest BCUT2D eigenvalue weighted by Gasteiger charge is 2.22. The lowest BCUT2D eigenvalue weighted by Crippen LogP contribution is -2.30. The Morgan fingerprint density at radius 1 is 1.45 bits per heavy atom. The van der Waals surface area contributed by atoms with Crippen molar-refractivity contribution in [1.29, 1.82) is 0 Å². The summed E-state index contributed by atoms with van der Waals surface area (Å²) in [6.07, 6.45) is 6.29. The summed E-state index contributed by atoms with van der Waals surface area (Å²) in [5.74, 6) is 0.915. The molecule has 20 heavy (non-hydrogen) atoms. The second kappa shape index (κ2) is 5.67. The van der Waals surface area contributed by atoms with Crippen LogP contribution in [0.2, 0.25) is 0 Å². The van der Waals surface area contributed by atoms with Gasteiger partial charge in [-0.1, -0.05) is 13.0 Å². The number of hydrogen-bond acceptors (Lipinski definition) is 3. The zero-order chi connectivity index (χ0) is 13.9. The molecule has 1 N–H and O–H groups in total. The van der Waals surface area contributed by atoms with Crippen molar-refractivity contribution in [2.75, 3.05) is 13.7 Å². The van der Waals surface area contributed by atoms with Crippen molar-refractivity contribution in [3.05, 3.63) is 47.3 Å². The number of nitrogens with zero attached hydrogens (tertiary/aromatic N) is 2. The lowest BCUT2D eigenvalue weighted by atomic mass is 9.91. The van der Waals surface area contributed by atoms with Crippen LogP contribution in [0.5, 0.6) is 5.75 Å². The summed E-state index contributed by atoms with van der Waals surface area (Å²) in [7, 11) is 1.71. The van der Waals surface area contributed by atoms with Crippen molar-refractivity contribution in [2.24, 2.45) is 0 Å². The summed E-state index contributed by atoms with van der Waals surface area (Å²) >= 11 is 0. The first-order valence-electron chi connectivity index (χ1n) is 7.24. The van der Waals surface area contributed by atoms with Crippen LogP contribution < -0.4 is 10.1 Å². The molecule has 1 atom stereocenters. The van der Waals surface area contributed by atoms with E-state index in [9.17, 15) is 0 Å². The average Bonchev–Trinajstić information content (AvgIpc) is 2.95. The Morgan fingerprint density at radius 3 is 3.15 bits per heavy atom. The highest BCUT2D eigenvalue weighted by Crippen LogP contribution is 2.31. The predicted octanol–water partition coefficient (Wildman–Crippen LogP) is 2.54. The SMILES string of the molecule is CCCn1cc(C2NCCc3ccc(OC)cc32)cn1. The minimum absolute atomic E-state index is 0.222. The molecule has 0 spiro atoms. The highest BCUT2D eigenvalue weighted by atomic mass is 16.5. The molecule has 1 aliphatic rings. The molecule has 106 valence electrons. The highest BCUT2D eigenvalue weighted by molar-refractivity contribution is 5.43. The van der Waals surface area contributed by atoms with Crippen molar-refractivity contribution in [1.82, 2.24) is 15.1 Å². The molecular formula is C16H21N3O. The van der Waals surface area contributed by atoms with E-state index in [2.05, 4.69) is 35.7 Å². The van der Waals surface area contributed by atoms with Gasteiger partial charge in [0.15, 0.2) is 0 Å². The maximum atomic E-state index is 5.36. The number of ether oxygens (including phenoxy) is 1. The lowest BCUT2D eigenvalue weighted by Gasteiger charge is -2.26. The monoisotopic (exact) mass is 271 g/mol. The van der Waals surface area contributed by atoms with Gasteiger partial charge in [0.1, 0.15) is 5.75 Å². The molecule has 1 aromatic carbocycles. The Balaban J connectivity index is 1.95. The van der Waals surface area contributed by atoms with Crippen LogP contribution >= 0.6 is 0 Å². The van der Waals surface area contributed by atoms with Gasteiger partial charge in [-0.15, -0.1) is 0 Å². The Labute approximate surface area is 119 Å². The maximum absolute atomic E-state index is 5.36. The van der Waals surface area contributed by atoms with Crippen LogP contribution in [0.1, 0.15) is 36.1 Å². The topological polar surface area (TPSA) is 39.1 Å². The van der Waals surface area contributed by atoms with Crippen molar-refractivity contribution in [3.8, 4) is 5.75 Å². The van der Waals surface area contributed by atoms with E-state index in [0.29, 0.717) is 0 Å². The van der Waals surface area contributed by atoms with Gasteiger partial charge in [-0.25, -0.2) is 0 Å². The lowest BCUT2D eigenvalue weighted by molar-refractivity contribution is 0.412. The number of nitrogens with one attached hydrogen (secondary N) is 1. The minimum Gasteiger partial charge on any atom is -0.497 e. The second-order valence-corrected chi connectivity index (χ2v) is 5.24. The van der Waals surface area contributed by atoms with E-state index in [1.807, 2.05) is 16.9 Å². The third-order valence-corrected chi connectivity index (χ3v) is 3.85. The summed E-state index contributed by atoms with van der Waals surface area (Å²) in [4.78, 5) is 0. The van der Waals surface area contributed by atoms with Gasteiger partial charge in [0, 0.05) is 24.8 Å². The molecule has 0 radical (unpaired) electrons. The molecule has 0 amide bonds. The number of aromatic nitrogens is 2. The summed E-state index contributed by atoms with van der Waals surface area (Å²) in [6.45, 7) is 4.14. The quantitative estimate of drug-likeness (QED) is 0.929. The van der Waals surface area contributed by atoms with Gasteiger partial charge >= 0.3 is 0 Å². The smallest absolute Gasteiger partial charge is 0.119 e. The number of methoxy groups -OCH3 is 1. The molecule has 0 aliphatic carbocycles. The van der Waals surface area contributed by atoms with E-state index in [1.54, 1.807) is 7.11 Å². The molecule has 4 nitrogen and oxygen atoms in total. The summed E-state index contributed by atoms with van der Waals surface area (Å²) in [6, 6.07) is 6.59. The Kier molecular flexibility index (Phi) is 3.74. The summed E-state index contributed by atoms with van der Waals surface area (Å²) in [5.41, 5.74) is 3.94. The fraction of sp³-hybridized carbons (Fsp3) is 0.438. The Morgan fingerprint density at radius 2 is 2.35 bits per heavy atom. The predicted molar refractivity (Wildman–Crippen MR) is 79.1 cm³/mol. The van der Waals surface area contributed by atoms with Crippen molar-refractivity contribution in [3.63, 3.8) is 0 Å². The molecule has 2 heterocycles. The van der Waals surface area contributed by atoms with Crippen LogP contribution in [-0.4, -0.2) is 23.4 Å². The average molecular weight is 271 g/mol. The normalized spacial score (nSPS) is 17.8. The number of aryl methyl sites for hydroxylation is 1. The fourth-order valence-electron chi connectivity index (χ4n) is 2.83. The van der Waals surface area contributed by atoms with Crippen LogP contribution in [0.4, 0.5) is 0 Å². The number of fused-ring (bicyclic) bond motifs is 1. The number of hydrogen-bond donors (Lipinski definition) is 1. The first-order valence-corrected chi connectivity index (χ1v) is 7.24. The van der Waals surface area contributed by atoms with E-state index in [4.69, 9.17) is 4.74 Å². The standard InChI is InChI=1S/C16H21N3O/c1-3-8-19-11-13(10-18-19)16-15-9-14(20-2)5-4-12(15)6-7-17-16/h4-5,9-11,16-17H,3,6-8H2,1-2H3. The van der Waals surface area contributed by atoms with E-state index < -0.39 is 0 Å². The number of rotatable bonds is 4. The van der Waals surface area contributed by atoms with Gasteiger partial charge in [0.25, 0.3) is 0 Å². The third-order valence-electron chi connectivity index (χ3n) is 3.85. The summed E-state index contributed by atoms with van der Waals surface area (Å²) in [5, 5.41) is 8.03. The van der Waals surface area contributed by atoms with Gasteiger partial charge in [-0.05, 0) is 36.1 Å². The largest absolute Gasteiger partial charge is 0.497 e. The molecule has 1 aliphatic heterocycles. The van der Waals surface area contributed by atoms with Crippen LogP contribution in [0, 0.1) is 0 Å². The van der Waals surface area contributed by atoms with Crippen LogP contribution in [0.25, 0.3) is 0 Å². The molecule has 0 saturated carbocycles. The number of benzene rings is 1. The van der Waals surface area contributed by atoms with Gasteiger partial charge < -0.3 is 10.1 Å². The molecule has 2 aromatic rings. The molecule has 0 bridgehead atoms. The van der Waals surface area contributed by atoms with E-state index in [-0.39, 0.29) is 6.04 Å². The molecule has 1 unspecified atom stereocenters. The van der Waals surface area contributed by atoms with Crippen LogP contribution in [0.3, 0.4) is 0 Å². The molecule has 3 rings (SSSR count). The summed E-state index contributed by atoms with van der Waals surface area (Å²) < 4.78 is 7.38. The first-order chi connectivity index (χ1) is 9.81. The van der Waals surface area contributed by atoms with Crippen LogP contribution in [-0.2, 0) is 13.0 Å².